The van der Waals surface area contributed by atoms with Gasteiger partial charge in [-0.2, -0.15) is 0 Å². The Bertz CT molecular complexity index is 780. The highest BCUT2D eigenvalue weighted by Gasteiger charge is 2.32. The molecule has 0 bridgehead atoms. The number of nitrogens with one attached hydrogen (secondary N) is 1. The van der Waals surface area contributed by atoms with Gasteiger partial charge in [0.15, 0.2) is 5.96 Å². The Morgan fingerprint density at radius 2 is 1.90 bits per heavy atom. The summed E-state index contributed by atoms with van der Waals surface area (Å²) in [6.07, 6.45) is 2.39. The van der Waals surface area contributed by atoms with Gasteiger partial charge in [-0.1, -0.05) is 12.1 Å². The smallest absolute Gasteiger partial charge is 0.242 e. The van der Waals surface area contributed by atoms with Crippen LogP contribution in [0.25, 0.3) is 0 Å². The Labute approximate surface area is 190 Å². The summed E-state index contributed by atoms with van der Waals surface area (Å²) < 4.78 is 37.2. The molecule has 2 aliphatic rings. The molecule has 0 saturated carbocycles. The van der Waals surface area contributed by atoms with Crippen molar-refractivity contribution in [2.45, 2.75) is 36.5 Å². The molecule has 0 aromatic heterocycles. The number of aliphatic imine (C=N–C) groups is 1. The standard InChI is InChI=1S/C19H30N4O4S.HI/c1-20-19(23-10-12-27-18(14-23)17-5-4-11-26-17)21-13-15-6-8-16(9-7-15)28(24,25)22(2)3;/h6-9,17-18H,4-5,10-14H2,1-3H3,(H,20,21);1H. The lowest BCUT2D eigenvalue weighted by Gasteiger charge is -2.37. The zero-order chi connectivity index (χ0) is 20.1. The Hall–Kier alpha value is -0.950. The summed E-state index contributed by atoms with van der Waals surface area (Å²) in [5, 5.41) is 3.37. The molecular formula is C19H31IN4O4S. The predicted octanol–water partition coefficient (Wildman–Crippen LogP) is 1.51. The van der Waals surface area contributed by atoms with Crippen LogP contribution in [0.2, 0.25) is 0 Å². The third kappa shape index (κ3) is 6.03. The van der Waals surface area contributed by atoms with E-state index in [0.717, 1.165) is 44.1 Å². The minimum atomic E-state index is -3.41. The summed E-state index contributed by atoms with van der Waals surface area (Å²) in [6.45, 7) is 3.57. The van der Waals surface area contributed by atoms with Crippen LogP contribution in [0.5, 0.6) is 0 Å². The third-order valence-electron chi connectivity index (χ3n) is 5.14. The van der Waals surface area contributed by atoms with E-state index in [4.69, 9.17) is 9.47 Å². The molecule has 8 nitrogen and oxygen atoms in total. The molecule has 164 valence electrons. The second-order valence-electron chi connectivity index (χ2n) is 7.24. The maximum atomic E-state index is 12.2. The van der Waals surface area contributed by atoms with Gasteiger partial charge in [-0.15, -0.1) is 24.0 Å². The summed E-state index contributed by atoms with van der Waals surface area (Å²) in [6, 6.07) is 6.92. The van der Waals surface area contributed by atoms with Crippen LogP contribution in [-0.4, -0.2) is 83.2 Å². The Morgan fingerprint density at radius 1 is 1.21 bits per heavy atom. The van der Waals surface area contributed by atoms with Crippen LogP contribution >= 0.6 is 24.0 Å². The SMILES string of the molecule is CN=C(NCc1ccc(S(=O)(=O)N(C)C)cc1)N1CCOC(C2CCCO2)C1.I. The molecule has 2 heterocycles. The maximum absolute atomic E-state index is 12.2. The fraction of sp³-hybridized carbons (Fsp3) is 0.632. The molecular weight excluding hydrogens is 507 g/mol. The van der Waals surface area contributed by atoms with Gasteiger partial charge >= 0.3 is 0 Å². The van der Waals surface area contributed by atoms with Gasteiger partial charge in [-0.05, 0) is 30.5 Å². The molecule has 0 radical (unpaired) electrons. The summed E-state index contributed by atoms with van der Waals surface area (Å²) in [5.74, 6) is 0.816. The Morgan fingerprint density at radius 3 is 2.48 bits per heavy atom. The number of benzene rings is 1. The van der Waals surface area contributed by atoms with Crippen molar-refractivity contribution in [2.24, 2.45) is 4.99 Å². The monoisotopic (exact) mass is 538 g/mol. The lowest BCUT2D eigenvalue weighted by molar-refractivity contribution is -0.0817. The second kappa shape index (κ2) is 10.9. The van der Waals surface area contributed by atoms with E-state index in [-0.39, 0.29) is 36.2 Å². The van der Waals surface area contributed by atoms with Crippen LogP contribution in [0, 0.1) is 0 Å². The molecule has 0 aliphatic carbocycles. The van der Waals surface area contributed by atoms with Crippen molar-refractivity contribution in [2.75, 3.05) is 47.4 Å². The highest BCUT2D eigenvalue weighted by Crippen LogP contribution is 2.21. The molecule has 2 fully saturated rings. The first-order valence-electron chi connectivity index (χ1n) is 9.62. The molecule has 0 amide bonds. The molecule has 2 saturated heterocycles. The average Bonchev–Trinajstić information content (AvgIpc) is 3.24. The molecule has 29 heavy (non-hydrogen) atoms. The van der Waals surface area contributed by atoms with E-state index in [1.807, 2.05) is 12.1 Å². The highest BCUT2D eigenvalue weighted by molar-refractivity contribution is 14.0. The van der Waals surface area contributed by atoms with Gasteiger partial charge in [0, 0.05) is 47.4 Å². The largest absolute Gasteiger partial charge is 0.375 e. The highest BCUT2D eigenvalue weighted by atomic mass is 127. The molecule has 1 N–H and O–H groups in total. The van der Waals surface area contributed by atoms with Gasteiger partial charge < -0.3 is 19.7 Å². The number of halogens is 1. The minimum Gasteiger partial charge on any atom is -0.375 e. The number of rotatable bonds is 5. The fourth-order valence-corrected chi connectivity index (χ4v) is 4.39. The van der Waals surface area contributed by atoms with Crippen LogP contribution in [-0.2, 0) is 26.0 Å². The first kappa shape index (κ1) is 24.3. The Kier molecular flexibility index (Phi) is 9.14. The van der Waals surface area contributed by atoms with E-state index in [1.54, 1.807) is 19.2 Å². The topological polar surface area (TPSA) is 83.5 Å². The van der Waals surface area contributed by atoms with E-state index in [2.05, 4.69) is 15.2 Å². The number of guanidine groups is 1. The number of hydrogen-bond acceptors (Lipinski definition) is 5. The van der Waals surface area contributed by atoms with Crippen LogP contribution < -0.4 is 5.32 Å². The summed E-state index contributed by atoms with van der Waals surface area (Å²) in [5.41, 5.74) is 0.989. The summed E-state index contributed by atoms with van der Waals surface area (Å²) in [7, 11) is 1.42. The van der Waals surface area contributed by atoms with Crippen LogP contribution in [0.15, 0.2) is 34.2 Å². The summed E-state index contributed by atoms with van der Waals surface area (Å²) >= 11 is 0. The molecule has 1 aromatic carbocycles. The molecule has 2 unspecified atom stereocenters. The number of hydrogen-bond donors (Lipinski definition) is 1. The zero-order valence-corrected chi connectivity index (χ0v) is 20.4. The third-order valence-corrected chi connectivity index (χ3v) is 6.97. The first-order chi connectivity index (χ1) is 13.4. The normalized spacial score (nSPS) is 23.2. The number of morpholine rings is 1. The van der Waals surface area contributed by atoms with Crippen molar-refractivity contribution in [3.8, 4) is 0 Å². The van der Waals surface area contributed by atoms with Crippen molar-refractivity contribution in [3.63, 3.8) is 0 Å². The Balaban J connectivity index is 0.00000300. The number of sulfonamides is 1. The van der Waals surface area contributed by atoms with Gasteiger partial charge in [0.1, 0.15) is 6.10 Å². The van der Waals surface area contributed by atoms with Crippen molar-refractivity contribution in [1.29, 1.82) is 0 Å². The quantitative estimate of drug-likeness (QED) is 0.348. The van der Waals surface area contributed by atoms with Gasteiger partial charge in [0.05, 0.1) is 17.6 Å². The second-order valence-corrected chi connectivity index (χ2v) is 9.39. The van der Waals surface area contributed by atoms with E-state index >= 15 is 0 Å². The number of ether oxygens (including phenoxy) is 2. The fourth-order valence-electron chi connectivity index (χ4n) is 3.49. The lowest BCUT2D eigenvalue weighted by atomic mass is 10.1. The van der Waals surface area contributed by atoms with Gasteiger partial charge in [-0.3, -0.25) is 4.99 Å². The van der Waals surface area contributed by atoms with Crippen molar-refractivity contribution >= 4 is 40.0 Å². The molecule has 2 aliphatic heterocycles. The van der Waals surface area contributed by atoms with Crippen molar-refractivity contribution in [1.82, 2.24) is 14.5 Å². The lowest BCUT2D eigenvalue weighted by Crippen LogP contribution is -2.53. The number of nitrogens with zero attached hydrogens (tertiary/aromatic N) is 3. The molecule has 0 spiro atoms. The molecule has 3 rings (SSSR count). The summed E-state index contributed by atoms with van der Waals surface area (Å²) in [4.78, 5) is 6.89. The van der Waals surface area contributed by atoms with E-state index in [9.17, 15) is 8.42 Å². The minimum absolute atomic E-state index is 0. The zero-order valence-electron chi connectivity index (χ0n) is 17.2. The van der Waals surface area contributed by atoms with E-state index < -0.39 is 10.0 Å². The molecule has 2 atom stereocenters. The van der Waals surface area contributed by atoms with Gasteiger partial charge in [0.25, 0.3) is 0 Å². The van der Waals surface area contributed by atoms with Crippen LogP contribution in [0.3, 0.4) is 0 Å². The van der Waals surface area contributed by atoms with Crippen molar-refractivity contribution < 1.29 is 17.9 Å². The first-order valence-corrected chi connectivity index (χ1v) is 11.1. The van der Waals surface area contributed by atoms with Gasteiger partial charge in [0.2, 0.25) is 10.0 Å². The van der Waals surface area contributed by atoms with E-state index in [0.29, 0.717) is 18.0 Å². The van der Waals surface area contributed by atoms with Crippen LogP contribution in [0.4, 0.5) is 0 Å². The molecule has 10 heteroatoms. The predicted molar refractivity (Wildman–Crippen MR) is 123 cm³/mol. The molecule has 1 aromatic rings. The van der Waals surface area contributed by atoms with Crippen molar-refractivity contribution in [3.05, 3.63) is 29.8 Å². The average molecular weight is 538 g/mol. The van der Waals surface area contributed by atoms with Crippen LogP contribution in [0.1, 0.15) is 18.4 Å². The van der Waals surface area contributed by atoms with E-state index in [1.165, 1.54) is 18.4 Å². The maximum Gasteiger partial charge on any atom is 0.242 e. The van der Waals surface area contributed by atoms with Gasteiger partial charge in [-0.25, -0.2) is 12.7 Å².